The Morgan fingerprint density at radius 1 is 0.872 bits per heavy atom. The molecule has 0 saturated heterocycles. The van der Waals surface area contributed by atoms with Crippen LogP contribution in [0.2, 0.25) is 5.02 Å². The van der Waals surface area contributed by atoms with E-state index < -0.39 is 7.40 Å². The third-order valence-corrected chi connectivity index (χ3v) is 6.98. The van der Waals surface area contributed by atoms with Crippen molar-refractivity contribution in [1.82, 2.24) is 4.48 Å². The fourth-order valence-electron chi connectivity index (χ4n) is 4.47. The van der Waals surface area contributed by atoms with Gasteiger partial charge in [0.15, 0.2) is 0 Å². The zero-order chi connectivity index (χ0) is 27.5. The molecule has 0 atom stereocenters. The van der Waals surface area contributed by atoms with Gasteiger partial charge in [0.1, 0.15) is 0 Å². The molecule has 2 heterocycles. The fourth-order valence-corrected chi connectivity index (χ4v) is 5.03. The average Bonchev–Trinajstić information content (AvgIpc) is 3.50. The van der Waals surface area contributed by atoms with Crippen LogP contribution in [0.1, 0.15) is 16.8 Å². The highest BCUT2D eigenvalue weighted by Gasteiger charge is 2.30. The van der Waals surface area contributed by atoms with Crippen molar-refractivity contribution in [3.63, 3.8) is 0 Å². The minimum atomic E-state index is -2.84. The van der Waals surface area contributed by atoms with Gasteiger partial charge in [0.2, 0.25) is 0 Å². The van der Waals surface area contributed by atoms with Crippen LogP contribution in [0, 0.1) is 0 Å². The number of rotatable bonds is 7. The molecule has 0 aliphatic carbocycles. The smallest absolute Gasteiger partial charge is 0.378 e. The van der Waals surface area contributed by atoms with Gasteiger partial charge < -0.3 is 9.38 Å². The van der Waals surface area contributed by atoms with Crippen molar-refractivity contribution in [3.05, 3.63) is 136 Å². The minimum Gasteiger partial charge on any atom is -0.378 e. The Morgan fingerprint density at radius 2 is 1.49 bits per heavy atom. The van der Waals surface area contributed by atoms with E-state index >= 15 is 0 Å². The Kier molecular flexibility index (Phi) is 7.87. The van der Waals surface area contributed by atoms with Crippen LogP contribution in [0.4, 0.5) is 14.3 Å². The monoisotopic (exact) mass is 557 g/mol. The summed E-state index contributed by atoms with van der Waals surface area (Å²) >= 11 is 13.2. The number of nitrogens with zero attached hydrogens (tertiary/aromatic N) is 3. The summed E-state index contributed by atoms with van der Waals surface area (Å²) in [5, 5.41) is 0.653. The van der Waals surface area contributed by atoms with Gasteiger partial charge in [-0.3, -0.25) is 8.63 Å². The molecular weight excluding hydrogens is 534 g/mol. The number of halogens is 4. The number of aromatic nitrogens is 1. The molecule has 8 heteroatoms. The Bertz CT molecular complexity index is 1610. The van der Waals surface area contributed by atoms with E-state index in [0.29, 0.717) is 27.6 Å². The first-order chi connectivity index (χ1) is 18.8. The summed E-state index contributed by atoms with van der Waals surface area (Å²) in [7, 11) is 1.10. The van der Waals surface area contributed by atoms with Crippen LogP contribution >= 0.6 is 23.2 Å². The van der Waals surface area contributed by atoms with Crippen molar-refractivity contribution in [3.8, 4) is 11.3 Å². The van der Waals surface area contributed by atoms with Gasteiger partial charge in [-0.05, 0) is 35.4 Å². The summed E-state index contributed by atoms with van der Waals surface area (Å²) in [5.74, 6) is 0. The molecule has 0 saturated carbocycles. The lowest BCUT2D eigenvalue weighted by atomic mass is 10.0. The highest BCUT2D eigenvalue weighted by molar-refractivity contribution is 6.47. The predicted molar refractivity (Wildman–Crippen MR) is 162 cm³/mol. The Hall–Kier alpha value is -3.87. The van der Waals surface area contributed by atoms with Gasteiger partial charge in [0.25, 0.3) is 0 Å². The van der Waals surface area contributed by atoms with Crippen LogP contribution < -0.4 is 4.90 Å². The van der Waals surface area contributed by atoms with E-state index in [4.69, 9.17) is 28.2 Å². The Balaban J connectivity index is 1.70. The maximum absolute atomic E-state index is 14.7. The van der Waals surface area contributed by atoms with Crippen molar-refractivity contribution in [2.75, 3.05) is 19.0 Å². The first-order valence-electron chi connectivity index (χ1n) is 12.3. The van der Waals surface area contributed by atoms with Crippen LogP contribution in [0.25, 0.3) is 22.9 Å². The van der Waals surface area contributed by atoms with Crippen LogP contribution in [0.5, 0.6) is 0 Å². The largest absolute Gasteiger partial charge is 0.678 e. The molecule has 1 aliphatic heterocycles. The third-order valence-electron chi connectivity index (χ3n) is 6.41. The molecule has 0 bridgehead atoms. The number of hydrogen-bond acceptors (Lipinski definition) is 2. The van der Waals surface area contributed by atoms with Gasteiger partial charge in [0, 0.05) is 36.6 Å². The van der Waals surface area contributed by atoms with E-state index in [1.165, 1.54) is 0 Å². The average molecular weight is 558 g/mol. The second-order valence-corrected chi connectivity index (χ2v) is 9.99. The normalized spacial score (nSPS) is 14.4. The molecule has 3 aromatic carbocycles. The number of benzene rings is 3. The van der Waals surface area contributed by atoms with E-state index in [-0.39, 0.29) is 16.4 Å². The topological polar surface area (TPSA) is 20.5 Å². The fraction of sp³-hybridized carbons (Fsp3) is 0.0645. The molecule has 3 nitrogen and oxygen atoms in total. The molecule has 5 rings (SSSR count). The molecule has 0 unspecified atom stereocenters. The lowest BCUT2D eigenvalue weighted by Crippen LogP contribution is -2.17. The third kappa shape index (κ3) is 5.63. The van der Waals surface area contributed by atoms with Crippen molar-refractivity contribution >= 4 is 53.7 Å². The lowest BCUT2D eigenvalue weighted by Gasteiger charge is -2.13. The summed E-state index contributed by atoms with van der Waals surface area (Å²) in [6.07, 6.45) is 5.37. The molecule has 39 heavy (non-hydrogen) atoms. The van der Waals surface area contributed by atoms with Gasteiger partial charge >= 0.3 is 7.40 Å². The van der Waals surface area contributed by atoms with E-state index in [1.54, 1.807) is 42.5 Å². The van der Waals surface area contributed by atoms with Crippen LogP contribution in [0.3, 0.4) is 0 Å². The zero-order valence-corrected chi connectivity index (χ0v) is 22.8. The van der Waals surface area contributed by atoms with Gasteiger partial charge in [-0.2, -0.15) is 0 Å². The van der Waals surface area contributed by atoms with Gasteiger partial charge in [-0.15, -0.1) is 0 Å². The Morgan fingerprint density at radius 3 is 2.08 bits per heavy atom. The minimum absolute atomic E-state index is 0.221. The maximum Gasteiger partial charge on any atom is 0.678 e. The van der Waals surface area contributed by atoms with Crippen LogP contribution in [-0.2, 0) is 0 Å². The number of anilines is 1. The number of aliphatic imine (C=N–C) groups is 1. The van der Waals surface area contributed by atoms with E-state index in [1.807, 2.05) is 85.7 Å². The van der Waals surface area contributed by atoms with Crippen molar-refractivity contribution in [2.24, 2.45) is 4.99 Å². The molecule has 0 N–H and O–H groups in total. The molecule has 1 aromatic heterocycles. The zero-order valence-electron chi connectivity index (χ0n) is 21.3. The highest BCUT2D eigenvalue weighted by Crippen LogP contribution is 2.38. The lowest BCUT2D eigenvalue weighted by molar-refractivity contribution is 0.630. The maximum atomic E-state index is 14.7. The SMILES string of the molecule is CN(C)c1ccc(/C=C/C(=C2/C=C(Cl)C(c3ccccc3)=N2)c2cc(Cl)c(-c3ccccc3)n2B(F)F)cc1. The van der Waals surface area contributed by atoms with Gasteiger partial charge in [-0.1, -0.05) is 108 Å². The molecular formula is C31H24BCl2F2N3. The van der Waals surface area contributed by atoms with Gasteiger partial charge in [0.05, 0.1) is 27.2 Å². The molecule has 194 valence electrons. The van der Waals surface area contributed by atoms with Crippen molar-refractivity contribution in [2.45, 2.75) is 0 Å². The van der Waals surface area contributed by atoms with Gasteiger partial charge in [-0.25, -0.2) is 4.99 Å². The first-order valence-corrected chi connectivity index (χ1v) is 13.0. The molecule has 0 fully saturated rings. The van der Waals surface area contributed by atoms with Crippen LogP contribution in [-0.4, -0.2) is 31.7 Å². The molecule has 4 aromatic rings. The summed E-state index contributed by atoms with van der Waals surface area (Å²) in [5.41, 5.74) is 5.39. The molecule has 0 spiro atoms. The molecule has 0 amide bonds. The van der Waals surface area contributed by atoms with Crippen molar-refractivity contribution < 1.29 is 8.63 Å². The summed E-state index contributed by atoms with van der Waals surface area (Å²) in [6.45, 7) is 0. The predicted octanol–water partition coefficient (Wildman–Crippen LogP) is 8.70. The number of hydrogen-bond donors (Lipinski definition) is 0. The van der Waals surface area contributed by atoms with E-state index in [9.17, 15) is 8.63 Å². The van der Waals surface area contributed by atoms with E-state index in [0.717, 1.165) is 21.3 Å². The molecule has 0 radical (unpaired) electrons. The quantitative estimate of drug-likeness (QED) is 0.208. The first kappa shape index (κ1) is 26.7. The van der Waals surface area contributed by atoms with Crippen molar-refractivity contribution in [1.29, 1.82) is 0 Å². The second kappa shape index (κ2) is 11.5. The van der Waals surface area contributed by atoms with Crippen LogP contribution in [0.15, 0.2) is 119 Å². The number of allylic oxidation sites excluding steroid dienone is 4. The molecule has 1 aliphatic rings. The van der Waals surface area contributed by atoms with E-state index in [2.05, 4.69) is 0 Å². The second-order valence-electron chi connectivity index (χ2n) is 9.18. The highest BCUT2D eigenvalue weighted by atomic mass is 35.5. The standard InChI is InChI=1S/C31H24BCl2F2N3/c1-38(2)24-16-13-21(14-17-24)15-18-25(28-19-26(33)30(37-28)22-9-5-3-6-10-22)29-20-27(34)31(39(29)32(35)36)23-11-7-4-8-12-23/h3-20H,1-2H3/b18-15+,28-25+. The summed E-state index contributed by atoms with van der Waals surface area (Å²) in [6, 6.07) is 28.0. The summed E-state index contributed by atoms with van der Waals surface area (Å²) in [4.78, 5) is 6.80. The summed E-state index contributed by atoms with van der Waals surface area (Å²) < 4.78 is 30.4. The Labute approximate surface area is 237 Å².